The third kappa shape index (κ3) is 3.37. The van der Waals surface area contributed by atoms with Crippen LogP contribution in [0.4, 0.5) is 10.5 Å². The Bertz CT molecular complexity index is 511. The van der Waals surface area contributed by atoms with E-state index in [2.05, 4.69) is 10.6 Å². The van der Waals surface area contributed by atoms with Crippen molar-refractivity contribution < 1.29 is 19.8 Å². The molecule has 0 aromatic heterocycles. The Kier molecular flexibility index (Phi) is 3.59. The molecule has 0 radical (unpaired) electrons. The summed E-state index contributed by atoms with van der Waals surface area (Å²) >= 11 is 0. The Labute approximate surface area is 110 Å². The number of carboxylic acids is 1. The number of hydrogen-bond donors (Lipinski definition) is 4. The number of urea groups is 1. The average Bonchev–Trinajstić information content (AvgIpc) is 3.11. The van der Waals surface area contributed by atoms with Crippen LogP contribution in [-0.2, 0) is 0 Å². The van der Waals surface area contributed by atoms with Crippen LogP contribution in [0.1, 0.15) is 30.1 Å². The molecule has 1 aliphatic carbocycles. The van der Waals surface area contributed by atoms with Gasteiger partial charge < -0.3 is 20.8 Å². The van der Waals surface area contributed by atoms with E-state index < -0.39 is 5.97 Å². The van der Waals surface area contributed by atoms with Crippen molar-refractivity contribution in [2.24, 2.45) is 5.92 Å². The lowest BCUT2D eigenvalue weighted by molar-refractivity contribution is 0.0694. The van der Waals surface area contributed by atoms with Gasteiger partial charge in [-0.15, -0.1) is 0 Å². The predicted molar refractivity (Wildman–Crippen MR) is 69.4 cm³/mol. The Balaban J connectivity index is 1.96. The molecule has 2 amide bonds. The van der Waals surface area contributed by atoms with Gasteiger partial charge in [-0.05, 0) is 37.8 Å². The molecule has 1 unspecified atom stereocenters. The fourth-order valence-electron chi connectivity index (χ4n) is 1.88. The van der Waals surface area contributed by atoms with Crippen molar-refractivity contribution >= 4 is 17.7 Å². The van der Waals surface area contributed by atoms with Gasteiger partial charge in [0.1, 0.15) is 11.3 Å². The summed E-state index contributed by atoms with van der Waals surface area (Å²) in [6, 6.07) is 3.65. The van der Waals surface area contributed by atoms with Crippen LogP contribution in [-0.4, -0.2) is 28.3 Å². The fraction of sp³-hybridized carbons (Fsp3) is 0.385. The number of aromatic carboxylic acids is 1. The molecule has 2 rings (SSSR count). The number of anilines is 1. The number of carbonyl (C=O) groups is 2. The zero-order valence-corrected chi connectivity index (χ0v) is 10.5. The highest BCUT2D eigenvalue weighted by Gasteiger charge is 2.28. The first-order valence-corrected chi connectivity index (χ1v) is 6.11. The molecule has 1 atom stereocenters. The lowest BCUT2D eigenvalue weighted by Crippen LogP contribution is -2.37. The summed E-state index contributed by atoms with van der Waals surface area (Å²) in [5, 5.41) is 23.6. The number of nitrogens with one attached hydrogen (secondary N) is 2. The molecule has 19 heavy (non-hydrogen) atoms. The molecule has 1 aromatic rings. The molecule has 1 saturated carbocycles. The lowest BCUT2D eigenvalue weighted by Gasteiger charge is -2.14. The van der Waals surface area contributed by atoms with Gasteiger partial charge >= 0.3 is 12.0 Å². The first kappa shape index (κ1) is 13.2. The summed E-state index contributed by atoms with van der Waals surface area (Å²) < 4.78 is 0. The Morgan fingerprint density at radius 3 is 2.58 bits per heavy atom. The van der Waals surface area contributed by atoms with Gasteiger partial charge in [0, 0.05) is 17.8 Å². The molecule has 0 spiro atoms. The summed E-state index contributed by atoms with van der Waals surface area (Å²) in [7, 11) is 0. The molecule has 102 valence electrons. The van der Waals surface area contributed by atoms with E-state index >= 15 is 0 Å². The highest BCUT2D eigenvalue weighted by Crippen LogP contribution is 2.32. The van der Waals surface area contributed by atoms with E-state index in [9.17, 15) is 14.7 Å². The Morgan fingerprint density at radius 1 is 1.37 bits per heavy atom. The van der Waals surface area contributed by atoms with Gasteiger partial charge in [-0.3, -0.25) is 0 Å². The maximum atomic E-state index is 11.7. The largest absolute Gasteiger partial charge is 0.507 e. The monoisotopic (exact) mass is 264 g/mol. The number of amides is 2. The highest BCUT2D eigenvalue weighted by atomic mass is 16.4. The molecule has 1 aliphatic rings. The molecule has 6 heteroatoms. The van der Waals surface area contributed by atoms with Crippen molar-refractivity contribution in [3.8, 4) is 5.75 Å². The van der Waals surface area contributed by atoms with Crippen molar-refractivity contribution in [1.82, 2.24) is 5.32 Å². The Morgan fingerprint density at radius 2 is 2.05 bits per heavy atom. The summed E-state index contributed by atoms with van der Waals surface area (Å²) in [6.07, 6.45) is 2.27. The molecule has 0 aliphatic heterocycles. The van der Waals surface area contributed by atoms with Crippen LogP contribution in [0.3, 0.4) is 0 Å². The third-order valence-corrected chi connectivity index (χ3v) is 3.17. The van der Waals surface area contributed by atoms with Gasteiger partial charge in [-0.25, -0.2) is 9.59 Å². The van der Waals surface area contributed by atoms with E-state index in [1.54, 1.807) is 0 Å². The first-order chi connectivity index (χ1) is 8.97. The minimum Gasteiger partial charge on any atom is -0.507 e. The maximum Gasteiger partial charge on any atom is 0.339 e. The van der Waals surface area contributed by atoms with E-state index in [-0.39, 0.29) is 23.4 Å². The minimum absolute atomic E-state index is 0.117. The Hall–Kier alpha value is -2.24. The van der Waals surface area contributed by atoms with Gasteiger partial charge in [0.15, 0.2) is 0 Å². The van der Waals surface area contributed by atoms with E-state index in [0.717, 1.165) is 12.8 Å². The van der Waals surface area contributed by atoms with Gasteiger partial charge in [-0.1, -0.05) is 0 Å². The lowest BCUT2D eigenvalue weighted by atomic mass is 10.2. The number of rotatable bonds is 4. The van der Waals surface area contributed by atoms with E-state index in [4.69, 9.17) is 5.11 Å². The summed E-state index contributed by atoms with van der Waals surface area (Å²) in [4.78, 5) is 22.4. The summed E-state index contributed by atoms with van der Waals surface area (Å²) in [5.74, 6) is -1.04. The molecular weight excluding hydrogens is 248 g/mol. The molecule has 1 fully saturated rings. The SMILES string of the molecule is CC(NC(=O)Nc1ccc(C(=O)O)c(O)c1)C1CC1. The quantitative estimate of drug-likeness (QED) is 0.668. The number of carboxylic acid groups (broad SMARTS) is 1. The average molecular weight is 264 g/mol. The third-order valence-electron chi connectivity index (χ3n) is 3.17. The van der Waals surface area contributed by atoms with Crippen LogP contribution in [0, 0.1) is 5.92 Å². The van der Waals surface area contributed by atoms with Crippen molar-refractivity contribution in [3.05, 3.63) is 23.8 Å². The van der Waals surface area contributed by atoms with Crippen molar-refractivity contribution in [1.29, 1.82) is 0 Å². The van der Waals surface area contributed by atoms with Crippen LogP contribution in [0.2, 0.25) is 0 Å². The molecule has 0 heterocycles. The second-order valence-electron chi connectivity index (χ2n) is 4.76. The second-order valence-corrected chi connectivity index (χ2v) is 4.76. The first-order valence-electron chi connectivity index (χ1n) is 6.11. The van der Waals surface area contributed by atoms with Crippen LogP contribution in [0.5, 0.6) is 5.75 Å². The van der Waals surface area contributed by atoms with Gasteiger partial charge in [0.25, 0.3) is 0 Å². The molecule has 4 N–H and O–H groups in total. The van der Waals surface area contributed by atoms with Crippen molar-refractivity contribution in [2.75, 3.05) is 5.32 Å². The molecular formula is C13H16N2O4. The van der Waals surface area contributed by atoms with Crippen molar-refractivity contribution in [3.63, 3.8) is 0 Å². The zero-order chi connectivity index (χ0) is 14.0. The van der Waals surface area contributed by atoms with E-state index in [1.165, 1.54) is 18.2 Å². The standard InChI is InChI=1S/C13H16N2O4/c1-7(8-2-3-8)14-13(19)15-9-4-5-10(12(17)18)11(16)6-9/h4-8,16H,2-3H2,1H3,(H,17,18)(H2,14,15,19). The molecule has 0 saturated heterocycles. The van der Waals surface area contributed by atoms with Gasteiger partial charge in [-0.2, -0.15) is 0 Å². The number of carbonyl (C=O) groups excluding carboxylic acids is 1. The number of hydrogen-bond acceptors (Lipinski definition) is 3. The van der Waals surface area contributed by atoms with Crippen LogP contribution < -0.4 is 10.6 Å². The maximum absolute atomic E-state index is 11.7. The topological polar surface area (TPSA) is 98.7 Å². The number of benzene rings is 1. The molecule has 1 aromatic carbocycles. The van der Waals surface area contributed by atoms with Gasteiger partial charge in [0.05, 0.1) is 0 Å². The van der Waals surface area contributed by atoms with Crippen LogP contribution in [0.15, 0.2) is 18.2 Å². The summed E-state index contributed by atoms with van der Waals surface area (Å²) in [5.41, 5.74) is 0.153. The molecule has 0 bridgehead atoms. The smallest absolute Gasteiger partial charge is 0.339 e. The predicted octanol–water partition coefficient (Wildman–Crippen LogP) is 2.01. The zero-order valence-electron chi connectivity index (χ0n) is 10.5. The van der Waals surface area contributed by atoms with E-state index in [0.29, 0.717) is 11.6 Å². The normalized spacial score (nSPS) is 15.6. The second kappa shape index (κ2) is 5.17. The highest BCUT2D eigenvalue weighted by molar-refractivity contribution is 5.94. The minimum atomic E-state index is -1.21. The van der Waals surface area contributed by atoms with E-state index in [1.807, 2.05) is 6.92 Å². The molecule has 6 nitrogen and oxygen atoms in total. The van der Waals surface area contributed by atoms with Gasteiger partial charge in [0.2, 0.25) is 0 Å². The number of aromatic hydroxyl groups is 1. The van der Waals surface area contributed by atoms with Crippen molar-refractivity contribution in [2.45, 2.75) is 25.8 Å². The summed E-state index contributed by atoms with van der Waals surface area (Å²) in [6.45, 7) is 1.95. The van der Waals surface area contributed by atoms with Crippen LogP contribution >= 0.6 is 0 Å². The number of phenols is 1. The van der Waals surface area contributed by atoms with Crippen LogP contribution in [0.25, 0.3) is 0 Å². The fourth-order valence-corrected chi connectivity index (χ4v) is 1.88.